The highest BCUT2D eigenvalue weighted by Crippen LogP contribution is 2.49. The van der Waals surface area contributed by atoms with Gasteiger partial charge in [-0.25, -0.2) is 13.1 Å². The van der Waals surface area contributed by atoms with Gasteiger partial charge in [-0.1, -0.05) is 13.0 Å². The van der Waals surface area contributed by atoms with Crippen molar-refractivity contribution >= 4 is 10.0 Å². The highest BCUT2D eigenvalue weighted by atomic mass is 32.2. The zero-order chi connectivity index (χ0) is 14.9. The summed E-state index contributed by atoms with van der Waals surface area (Å²) in [6.07, 6.45) is 2.63. The fourth-order valence-electron chi connectivity index (χ4n) is 2.68. The molecule has 1 saturated carbocycles. The lowest BCUT2D eigenvalue weighted by Gasteiger charge is -2.22. The molecule has 116 valence electrons. The van der Waals surface area contributed by atoms with E-state index in [-0.39, 0.29) is 11.2 Å². The summed E-state index contributed by atoms with van der Waals surface area (Å²) in [6, 6.07) is 5.94. The second kappa shape index (κ2) is 5.50. The van der Waals surface area contributed by atoms with Crippen LogP contribution in [0, 0.1) is 0 Å². The second-order valence-corrected chi connectivity index (χ2v) is 7.71. The van der Waals surface area contributed by atoms with Gasteiger partial charge in [0.15, 0.2) is 11.5 Å². The molecule has 0 bridgehead atoms. The molecule has 0 radical (unpaired) electrons. The van der Waals surface area contributed by atoms with Crippen molar-refractivity contribution in [3.63, 3.8) is 0 Å². The third-order valence-corrected chi connectivity index (χ3v) is 5.64. The smallest absolute Gasteiger partial charge is 0.211 e. The van der Waals surface area contributed by atoms with Crippen LogP contribution in [0.15, 0.2) is 18.2 Å². The van der Waals surface area contributed by atoms with E-state index in [1.165, 1.54) is 0 Å². The van der Waals surface area contributed by atoms with Crippen LogP contribution in [0.2, 0.25) is 0 Å². The van der Waals surface area contributed by atoms with Crippen LogP contribution in [-0.4, -0.2) is 33.9 Å². The molecule has 0 aromatic heterocycles. The largest absolute Gasteiger partial charge is 0.486 e. The summed E-state index contributed by atoms with van der Waals surface area (Å²) in [5.41, 5.74) is 1.06. The van der Waals surface area contributed by atoms with Crippen molar-refractivity contribution in [2.75, 3.05) is 25.5 Å². The third kappa shape index (κ3) is 3.16. The first-order chi connectivity index (χ1) is 10.0. The van der Waals surface area contributed by atoms with Gasteiger partial charge < -0.3 is 9.47 Å². The summed E-state index contributed by atoms with van der Waals surface area (Å²) >= 11 is 0. The van der Waals surface area contributed by atoms with Crippen LogP contribution in [0.25, 0.3) is 0 Å². The van der Waals surface area contributed by atoms with Crippen LogP contribution >= 0.6 is 0 Å². The minimum absolute atomic E-state index is 0.0728. The molecule has 0 amide bonds. The van der Waals surface area contributed by atoms with Gasteiger partial charge in [0.25, 0.3) is 0 Å². The number of fused-ring (bicyclic) bond motifs is 1. The first-order valence-corrected chi connectivity index (χ1v) is 9.07. The molecule has 1 N–H and O–H groups in total. The molecular formula is C15H21NO4S. The lowest BCUT2D eigenvalue weighted by molar-refractivity contribution is 0.171. The molecule has 1 heterocycles. The second-order valence-electron chi connectivity index (χ2n) is 5.78. The number of sulfonamides is 1. The Hall–Kier alpha value is -1.27. The summed E-state index contributed by atoms with van der Waals surface area (Å²) in [5.74, 6) is 1.72. The van der Waals surface area contributed by atoms with Crippen LogP contribution in [0.1, 0.15) is 31.7 Å². The third-order valence-electron chi connectivity index (χ3n) is 4.11. The Morgan fingerprint density at radius 2 is 1.90 bits per heavy atom. The van der Waals surface area contributed by atoms with Crippen molar-refractivity contribution in [2.24, 2.45) is 0 Å². The van der Waals surface area contributed by atoms with Crippen molar-refractivity contribution in [2.45, 2.75) is 31.6 Å². The van der Waals surface area contributed by atoms with Gasteiger partial charge in [-0.05, 0) is 37.0 Å². The Labute approximate surface area is 125 Å². The van der Waals surface area contributed by atoms with Gasteiger partial charge in [0.05, 0.1) is 5.75 Å². The van der Waals surface area contributed by atoms with Crippen LogP contribution in [0.5, 0.6) is 11.5 Å². The van der Waals surface area contributed by atoms with Gasteiger partial charge in [0, 0.05) is 12.0 Å². The molecule has 1 aromatic rings. The van der Waals surface area contributed by atoms with Crippen molar-refractivity contribution in [3.05, 3.63) is 23.8 Å². The maximum absolute atomic E-state index is 11.8. The lowest BCUT2D eigenvalue weighted by atomic mass is 9.96. The number of hydrogen-bond acceptors (Lipinski definition) is 4. The first-order valence-electron chi connectivity index (χ1n) is 7.42. The number of nitrogens with one attached hydrogen (secondary N) is 1. The van der Waals surface area contributed by atoms with E-state index < -0.39 is 10.0 Å². The molecule has 0 saturated heterocycles. The zero-order valence-electron chi connectivity index (χ0n) is 12.2. The number of hydrogen-bond donors (Lipinski definition) is 1. The Morgan fingerprint density at radius 3 is 2.57 bits per heavy atom. The van der Waals surface area contributed by atoms with E-state index in [1.807, 2.05) is 25.1 Å². The Bertz CT molecular complexity index is 623. The molecule has 1 aliphatic carbocycles. The molecule has 1 aromatic carbocycles. The number of rotatable bonds is 6. The van der Waals surface area contributed by atoms with E-state index in [2.05, 4.69) is 4.72 Å². The fraction of sp³-hybridized carbons (Fsp3) is 0.600. The summed E-state index contributed by atoms with van der Waals surface area (Å²) < 4.78 is 37.5. The van der Waals surface area contributed by atoms with Gasteiger partial charge in [-0.3, -0.25) is 0 Å². The number of benzene rings is 1. The van der Waals surface area contributed by atoms with Gasteiger partial charge in [-0.2, -0.15) is 0 Å². The summed E-state index contributed by atoms with van der Waals surface area (Å²) in [6.45, 7) is 3.48. The zero-order valence-corrected chi connectivity index (χ0v) is 13.0. The van der Waals surface area contributed by atoms with Crippen LogP contribution < -0.4 is 14.2 Å². The molecule has 1 aliphatic heterocycles. The number of ether oxygens (including phenoxy) is 2. The molecular weight excluding hydrogens is 290 g/mol. The molecule has 0 unspecified atom stereocenters. The molecule has 0 spiro atoms. The van der Waals surface area contributed by atoms with Gasteiger partial charge in [0.2, 0.25) is 10.0 Å². The standard InChI is InChI=1S/C15H21NO4S/c1-2-9-21(17,18)16-11-15(5-6-15)12-3-4-13-14(10-12)20-8-7-19-13/h3-4,10,16H,2,5-9,11H2,1H3. The monoisotopic (exact) mass is 311 g/mol. The molecule has 0 atom stereocenters. The normalized spacial score (nSPS) is 19.3. The van der Waals surface area contributed by atoms with Crippen molar-refractivity contribution in [3.8, 4) is 11.5 Å². The Balaban J connectivity index is 1.74. The highest BCUT2D eigenvalue weighted by molar-refractivity contribution is 7.89. The molecule has 2 aliphatic rings. The van der Waals surface area contributed by atoms with Crippen LogP contribution in [-0.2, 0) is 15.4 Å². The molecule has 1 fully saturated rings. The minimum atomic E-state index is -3.16. The van der Waals surface area contributed by atoms with Crippen molar-refractivity contribution < 1.29 is 17.9 Å². The van der Waals surface area contributed by atoms with Crippen molar-refractivity contribution in [1.29, 1.82) is 0 Å². The summed E-state index contributed by atoms with van der Waals surface area (Å²) in [7, 11) is -3.16. The molecule has 3 rings (SSSR count). The van der Waals surface area contributed by atoms with E-state index in [0.717, 1.165) is 29.9 Å². The SMILES string of the molecule is CCCS(=O)(=O)NCC1(c2ccc3c(c2)OCCO3)CC1. The van der Waals surface area contributed by atoms with Crippen LogP contribution in [0.4, 0.5) is 0 Å². The van der Waals surface area contributed by atoms with Crippen molar-refractivity contribution in [1.82, 2.24) is 4.72 Å². The summed E-state index contributed by atoms with van der Waals surface area (Å²) in [4.78, 5) is 0. The molecule has 6 heteroatoms. The predicted octanol–water partition coefficient (Wildman–Crippen LogP) is 1.82. The van der Waals surface area contributed by atoms with Gasteiger partial charge in [0.1, 0.15) is 13.2 Å². The average molecular weight is 311 g/mol. The predicted molar refractivity (Wildman–Crippen MR) is 80.4 cm³/mol. The lowest BCUT2D eigenvalue weighted by Crippen LogP contribution is -2.33. The van der Waals surface area contributed by atoms with Gasteiger partial charge in [-0.15, -0.1) is 0 Å². The highest BCUT2D eigenvalue weighted by Gasteiger charge is 2.45. The fourth-order valence-corrected chi connectivity index (χ4v) is 3.86. The van der Waals surface area contributed by atoms with Crippen LogP contribution in [0.3, 0.4) is 0 Å². The van der Waals surface area contributed by atoms with Gasteiger partial charge >= 0.3 is 0 Å². The summed E-state index contributed by atoms with van der Waals surface area (Å²) in [5, 5.41) is 0. The Morgan fingerprint density at radius 1 is 1.19 bits per heavy atom. The quantitative estimate of drug-likeness (QED) is 0.870. The molecule has 21 heavy (non-hydrogen) atoms. The maximum Gasteiger partial charge on any atom is 0.211 e. The van der Waals surface area contributed by atoms with E-state index in [9.17, 15) is 8.42 Å². The average Bonchev–Trinajstić information content (AvgIpc) is 3.26. The minimum Gasteiger partial charge on any atom is -0.486 e. The van der Waals surface area contributed by atoms with E-state index >= 15 is 0 Å². The van der Waals surface area contributed by atoms with E-state index in [0.29, 0.717) is 26.2 Å². The maximum atomic E-state index is 11.8. The Kier molecular flexibility index (Phi) is 3.84. The molecule has 5 nitrogen and oxygen atoms in total. The topological polar surface area (TPSA) is 64.6 Å². The van der Waals surface area contributed by atoms with E-state index in [1.54, 1.807) is 0 Å². The van der Waals surface area contributed by atoms with E-state index in [4.69, 9.17) is 9.47 Å². The first kappa shape index (κ1) is 14.7.